The lowest BCUT2D eigenvalue weighted by Gasteiger charge is -2.19. The van der Waals surface area contributed by atoms with Crippen LogP contribution in [-0.4, -0.2) is 6.04 Å². The maximum atomic E-state index is 13.6. The summed E-state index contributed by atoms with van der Waals surface area (Å²) in [5.41, 5.74) is 0.248. The van der Waals surface area contributed by atoms with Crippen molar-refractivity contribution >= 4 is 21.6 Å². The van der Waals surface area contributed by atoms with Crippen molar-refractivity contribution in [3.8, 4) is 0 Å². The SMILES string of the molecule is CCCC(CCC)Nc1cc(F)c(Br)cc1F. The van der Waals surface area contributed by atoms with Gasteiger partial charge in [-0.1, -0.05) is 26.7 Å². The highest BCUT2D eigenvalue weighted by molar-refractivity contribution is 9.10. The molecule has 0 heterocycles. The maximum Gasteiger partial charge on any atom is 0.147 e. The normalized spacial score (nSPS) is 10.9. The van der Waals surface area contributed by atoms with Crippen LogP contribution in [0.15, 0.2) is 16.6 Å². The van der Waals surface area contributed by atoms with Gasteiger partial charge >= 0.3 is 0 Å². The standard InChI is InChI=1S/C13H18BrF2N/c1-3-5-9(6-4-2)17-13-8-11(15)10(14)7-12(13)16/h7-9,17H,3-6H2,1-2H3. The molecular formula is C13H18BrF2N. The molecule has 0 radical (unpaired) electrons. The van der Waals surface area contributed by atoms with E-state index in [-0.39, 0.29) is 16.2 Å². The van der Waals surface area contributed by atoms with Crippen molar-refractivity contribution in [2.24, 2.45) is 0 Å². The van der Waals surface area contributed by atoms with E-state index in [2.05, 4.69) is 35.1 Å². The number of halogens is 3. The molecule has 0 spiro atoms. The Morgan fingerprint density at radius 2 is 1.71 bits per heavy atom. The van der Waals surface area contributed by atoms with E-state index in [1.165, 1.54) is 6.07 Å². The van der Waals surface area contributed by atoms with Crippen molar-refractivity contribution in [1.82, 2.24) is 0 Å². The molecule has 1 rings (SSSR count). The zero-order valence-corrected chi connectivity index (χ0v) is 11.8. The second-order valence-corrected chi connectivity index (χ2v) is 5.02. The van der Waals surface area contributed by atoms with Crippen LogP contribution in [0.1, 0.15) is 39.5 Å². The summed E-state index contributed by atoms with van der Waals surface area (Å²) >= 11 is 2.97. The van der Waals surface area contributed by atoms with Gasteiger partial charge in [0.2, 0.25) is 0 Å². The Hall–Kier alpha value is -0.640. The summed E-state index contributed by atoms with van der Waals surface area (Å²) in [6.45, 7) is 4.17. The molecule has 1 aromatic carbocycles. The average molecular weight is 306 g/mol. The molecule has 0 unspecified atom stereocenters. The maximum absolute atomic E-state index is 13.6. The summed E-state index contributed by atoms with van der Waals surface area (Å²) in [4.78, 5) is 0. The molecule has 17 heavy (non-hydrogen) atoms. The summed E-state index contributed by atoms with van der Waals surface area (Å²) < 4.78 is 27.1. The Balaban J connectivity index is 2.81. The van der Waals surface area contributed by atoms with Crippen LogP contribution >= 0.6 is 15.9 Å². The molecule has 0 saturated carbocycles. The van der Waals surface area contributed by atoms with Crippen LogP contribution in [0.2, 0.25) is 0 Å². The monoisotopic (exact) mass is 305 g/mol. The predicted octanol–water partition coefficient (Wildman–Crippen LogP) is 5.11. The molecule has 0 aromatic heterocycles. The fourth-order valence-electron chi connectivity index (χ4n) is 1.84. The Kier molecular flexibility index (Phi) is 5.89. The lowest BCUT2D eigenvalue weighted by molar-refractivity contribution is 0.567. The minimum Gasteiger partial charge on any atom is -0.380 e. The van der Waals surface area contributed by atoms with Crippen LogP contribution in [0.4, 0.5) is 14.5 Å². The van der Waals surface area contributed by atoms with E-state index < -0.39 is 11.6 Å². The molecule has 96 valence electrons. The highest BCUT2D eigenvalue weighted by atomic mass is 79.9. The minimum absolute atomic E-state index is 0.156. The van der Waals surface area contributed by atoms with E-state index in [1.54, 1.807) is 0 Å². The van der Waals surface area contributed by atoms with Crippen molar-refractivity contribution in [3.05, 3.63) is 28.2 Å². The predicted molar refractivity (Wildman–Crippen MR) is 71.3 cm³/mol. The summed E-state index contributed by atoms with van der Waals surface area (Å²) in [7, 11) is 0. The van der Waals surface area contributed by atoms with Gasteiger partial charge in [0.15, 0.2) is 0 Å². The molecule has 0 atom stereocenters. The Bertz CT molecular complexity index is 363. The molecule has 1 aromatic rings. The third-order valence-corrected chi connectivity index (χ3v) is 3.25. The summed E-state index contributed by atoms with van der Waals surface area (Å²) in [6, 6.07) is 2.57. The molecule has 0 aliphatic carbocycles. The van der Waals surface area contributed by atoms with Crippen LogP contribution in [0, 0.1) is 11.6 Å². The molecule has 0 saturated heterocycles. The first kappa shape index (κ1) is 14.4. The number of hydrogen-bond donors (Lipinski definition) is 1. The highest BCUT2D eigenvalue weighted by Gasteiger charge is 2.12. The van der Waals surface area contributed by atoms with Crippen LogP contribution in [0.25, 0.3) is 0 Å². The molecule has 0 aliphatic rings. The van der Waals surface area contributed by atoms with Crippen LogP contribution < -0.4 is 5.32 Å². The second-order valence-electron chi connectivity index (χ2n) is 4.16. The third-order valence-electron chi connectivity index (χ3n) is 2.64. The van der Waals surface area contributed by atoms with E-state index in [4.69, 9.17) is 0 Å². The van der Waals surface area contributed by atoms with Gasteiger partial charge in [0.05, 0.1) is 10.2 Å². The van der Waals surface area contributed by atoms with Crippen molar-refractivity contribution in [3.63, 3.8) is 0 Å². The Labute approximate surface area is 110 Å². The summed E-state index contributed by atoms with van der Waals surface area (Å²) in [5, 5.41) is 3.08. The van der Waals surface area contributed by atoms with Crippen LogP contribution in [-0.2, 0) is 0 Å². The van der Waals surface area contributed by atoms with Gasteiger partial charge in [-0.2, -0.15) is 0 Å². The zero-order valence-electron chi connectivity index (χ0n) is 10.2. The van der Waals surface area contributed by atoms with Crippen LogP contribution in [0.3, 0.4) is 0 Å². The first-order valence-electron chi connectivity index (χ1n) is 5.99. The number of hydrogen-bond acceptors (Lipinski definition) is 1. The van der Waals surface area contributed by atoms with E-state index in [9.17, 15) is 8.78 Å². The van der Waals surface area contributed by atoms with E-state index in [1.807, 2.05) is 0 Å². The van der Waals surface area contributed by atoms with Crippen LogP contribution in [0.5, 0.6) is 0 Å². The largest absolute Gasteiger partial charge is 0.380 e. The molecule has 0 bridgehead atoms. The topological polar surface area (TPSA) is 12.0 Å². The molecule has 1 nitrogen and oxygen atoms in total. The van der Waals surface area contributed by atoms with E-state index in [0.29, 0.717) is 0 Å². The fourth-order valence-corrected chi connectivity index (χ4v) is 2.15. The number of anilines is 1. The second kappa shape index (κ2) is 6.94. The summed E-state index contributed by atoms with van der Waals surface area (Å²) in [5.74, 6) is -0.865. The smallest absolute Gasteiger partial charge is 0.147 e. The first-order chi connectivity index (χ1) is 8.08. The lowest BCUT2D eigenvalue weighted by Crippen LogP contribution is -2.19. The average Bonchev–Trinajstić information content (AvgIpc) is 2.26. The fraction of sp³-hybridized carbons (Fsp3) is 0.538. The van der Waals surface area contributed by atoms with Gasteiger partial charge < -0.3 is 5.32 Å². The van der Waals surface area contributed by atoms with Gasteiger partial charge in [-0.05, 0) is 34.8 Å². The van der Waals surface area contributed by atoms with Gasteiger partial charge in [0.1, 0.15) is 11.6 Å². The van der Waals surface area contributed by atoms with Crippen molar-refractivity contribution in [2.45, 2.75) is 45.6 Å². The van der Waals surface area contributed by atoms with Crippen molar-refractivity contribution < 1.29 is 8.78 Å². The molecule has 4 heteroatoms. The zero-order chi connectivity index (χ0) is 12.8. The molecular weight excluding hydrogens is 288 g/mol. The third kappa shape index (κ3) is 4.26. The number of rotatable bonds is 6. The molecule has 1 N–H and O–H groups in total. The molecule has 0 amide bonds. The highest BCUT2D eigenvalue weighted by Crippen LogP contribution is 2.25. The Morgan fingerprint density at radius 1 is 1.12 bits per heavy atom. The lowest BCUT2D eigenvalue weighted by atomic mass is 10.1. The number of benzene rings is 1. The molecule has 0 aliphatic heterocycles. The minimum atomic E-state index is -0.444. The molecule has 0 fully saturated rings. The van der Waals surface area contributed by atoms with E-state index in [0.717, 1.165) is 31.7 Å². The van der Waals surface area contributed by atoms with Gasteiger partial charge in [-0.3, -0.25) is 0 Å². The van der Waals surface area contributed by atoms with Crippen molar-refractivity contribution in [1.29, 1.82) is 0 Å². The number of nitrogens with one attached hydrogen (secondary N) is 1. The quantitative estimate of drug-likeness (QED) is 0.720. The Morgan fingerprint density at radius 3 is 2.24 bits per heavy atom. The van der Waals surface area contributed by atoms with Gasteiger partial charge in [0.25, 0.3) is 0 Å². The van der Waals surface area contributed by atoms with Gasteiger partial charge in [-0.15, -0.1) is 0 Å². The van der Waals surface area contributed by atoms with E-state index >= 15 is 0 Å². The van der Waals surface area contributed by atoms with Gasteiger partial charge in [-0.25, -0.2) is 8.78 Å². The summed E-state index contributed by atoms with van der Waals surface area (Å²) in [6.07, 6.45) is 3.98. The van der Waals surface area contributed by atoms with Crippen molar-refractivity contribution in [2.75, 3.05) is 5.32 Å². The first-order valence-corrected chi connectivity index (χ1v) is 6.78. The van der Waals surface area contributed by atoms with Gasteiger partial charge in [0, 0.05) is 12.1 Å².